The maximum absolute atomic E-state index is 13.4. The van der Waals surface area contributed by atoms with Crippen molar-refractivity contribution < 1.29 is 0 Å². The van der Waals surface area contributed by atoms with E-state index in [4.69, 9.17) is 0 Å². The predicted octanol–water partition coefficient (Wildman–Crippen LogP) is 5.45. The van der Waals surface area contributed by atoms with Crippen molar-refractivity contribution in [2.45, 2.75) is 65.0 Å². The van der Waals surface area contributed by atoms with E-state index in [9.17, 15) is 4.79 Å². The number of likely N-dealkylation sites (tertiary alicyclic amines) is 1. The van der Waals surface area contributed by atoms with Gasteiger partial charge in [0.05, 0.1) is 0 Å². The molecule has 2 bridgehead atoms. The quantitative estimate of drug-likeness (QED) is 0.628. The van der Waals surface area contributed by atoms with Gasteiger partial charge < -0.3 is 4.57 Å². The highest BCUT2D eigenvalue weighted by atomic mass is 16.1. The second-order valence-electron chi connectivity index (χ2n) is 8.83. The number of unbranched alkanes of at least 4 members (excludes halogenated alkanes) is 1. The maximum atomic E-state index is 13.4. The van der Waals surface area contributed by atoms with E-state index in [0.29, 0.717) is 11.8 Å². The lowest BCUT2D eigenvalue weighted by Crippen LogP contribution is -2.47. The molecule has 0 amide bonds. The molecule has 2 aliphatic heterocycles. The van der Waals surface area contributed by atoms with Crippen molar-refractivity contribution >= 4 is 5.57 Å². The smallest absolute Gasteiger partial charge is 0.258 e. The van der Waals surface area contributed by atoms with Crippen LogP contribution in [0.1, 0.15) is 68.7 Å². The van der Waals surface area contributed by atoms with Gasteiger partial charge in [-0.25, -0.2) is 0 Å². The van der Waals surface area contributed by atoms with Crippen molar-refractivity contribution in [1.29, 1.82) is 0 Å². The number of rotatable bonds is 7. The molecule has 0 unspecified atom stereocenters. The lowest BCUT2D eigenvalue weighted by atomic mass is 9.82. The van der Waals surface area contributed by atoms with Crippen LogP contribution in [0, 0.1) is 5.92 Å². The van der Waals surface area contributed by atoms with Gasteiger partial charge in [-0.1, -0.05) is 63.1 Å². The molecule has 0 spiro atoms. The number of pyridine rings is 1. The molecular weight excluding hydrogens is 356 g/mol. The summed E-state index contributed by atoms with van der Waals surface area (Å²) in [7, 11) is 0. The number of hydrogen-bond donors (Lipinski definition) is 0. The lowest BCUT2D eigenvalue weighted by molar-refractivity contribution is 0.114. The summed E-state index contributed by atoms with van der Waals surface area (Å²) in [5, 5.41) is 0. The average molecular weight is 391 g/mol. The number of nitrogens with zero attached hydrogens (tertiary/aromatic N) is 2. The van der Waals surface area contributed by atoms with Crippen LogP contribution < -0.4 is 5.56 Å². The van der Waals surface area contributed by atoms with Crippen LogP contribution in [0.25, 0.3) is 5.57 Å². The Balaban J connectivity index is 1.59. The molecule has 1 aromatic carbocycles. The van der Waals surface area contributed by atoms with E-state index in [-0.39, 0.29) is 5.56 Å². The molecule has 1 aromatic heterocycles. The van der Waals surface area contributed by atoms with Crippen LogP contribution in [-0.2, 0) is 13.1 Å². The first-order valence-electron chi connectivity index (χ1n) is 11.4. The van der Waals surface area contributed by atoms with E-state index >= 15 is 0 Å². The van der Waals surface area contributed by atoms with Gasteiger partial charge in [-0.15, -0.1) is 0 Å². The van der Waals surface area contributed by atoms with Gasteiger partial charge in [0, 0.05) is 43.4 Å². The third-order valence-electron chi connectivity index (χ3n) is 6.47. The van der Waals surface area contributed by atoms with Gasteiger partial charge in [0.2, 0.25) is 0 Å². The predicted molar refractivity (Wildman–Crippen MR) is 121 cm³/mol. The SMILES string of the molecule is CCC/C=C(\CCC)c1ccc2n(c1=O)C[C@H]1C[C@@H]2CN(Cc2ccccc2)C1. The number of allylic oxidation sites excluding steroid dienone is 2. The second kappa shape index (κ2) is 9.13. The third-order valence-corrected chi connectivity index (χ3v) is 6.47. The highest BCUT2D eigenvalue weighted by Gasteiger charge is 2.35. The van der Waals surface area contributed by atoms with Gasteiger partial charge in [0.1, 0.15) is 0 Å². The Morgan fingerprint density at radius 1 is 1.03 bits per heavy atom. The van der Waals surface area contributed by atoms with Crippen molar-refractivity contribution in [2.75, 3.05) is 13.1 Å². The molecule has 0 N–H and O–H groups in total. The fourth-order valence-electron chi connectivity index (χ4n) is 5.19. The zero-order valence-electron chi connectivity index (χ0n) is 17.9. The molecule has 4 rings (SSSR count). The van der Waals surface area contributed by atoms with Crippen molar-refractivity contribution in [3.8, 4) is 0 Å². The maximum Gasteiger partial charge on any atom is 0.258 e. The number of hydrogen-bond acceptors (Lipinski definition) is 2. The molecule has 1 fully saturated rings. The molecule has 0 saturated carbocycles. The van der Waals surface area contributed by atoms with Crippen LogP contribution in [0.15, 0.2) is 53.3 Å². The molecule has 154 valence electrons. The summed E-state index contributed by atoms with van der Waals surface area (Å²) in [6.07, 6.45) is 7.76. The van der Waals surface area contributed by atoms with E-state index in [1.807, 2.05) is 0 Å². The fourth-order valence-corrected chi connectivity index (χ4v) is 5.19. The van der Waals surface area contributed by atoms with Crippen LogP contribution in [0.4, 0.5) is 0 Å². The average Bonchev–Trinajstić information content (AvgIpc) is 2.73. The molecule has 2 aromatic rings. The summed E-state index contributed by atoms with van der Waals surface area (Å²) in [6.45, 7) is 8.42. The molecule has 3 heteroatoms. The second-order valence-corrected chi connectivity index (χ2v) is 8.83. The molecule has 0 radical (unpaired) electrons. The monoisotopic (exact) mass is 390 g/mol. The van der Waals surface area contributed by atoms with Gasteiger partial charge in [0.25, 0.3) is 5.56 Å². The summed E-state index contributed by atoms with van der Waals surface area (Å²) < 4.78 is 2.11. The largest absolute Gasteiger partial charge is 0.311 e. The Morgan fingerprint density at radius 3 is 2.62 bits per heavy atom. The fraction of sp³-hybridized carbons (Fsp3) is 0.500. The highest BCUT2D eigenvalue weighted by Crippen LogP contribution is 2.36. The van der Waals surface area contributed by atoms with E-state index in [1.165, 1.54) is 23.3 Å². The Kier molecular flexibility index (Phi) is 6.34. The van der Waals surface area contributed by atoms with E-state index in [0.717, 1.165) is 57.4 Å². The Labute approximate surface area is 175 Å². The molecule has 3 heterocycles. The molecule has 29 heavy (non-hydrogen) atoms. The summed E-state index contributed by atoms with van der Waals surface area (Å²) >= 11 is 0. The minimum atomic E-state index is 0.240. The van der Waals surface area contributed by atoms with Crippen molar-refractivity contribution in [3.05, 3.63) is 75.7 Å². The van der Waals surface area contributed by atoms with E-state index in [2.05, 4.69) is 71.9 Å². The van der Waals surface area contributed by atoms with E-state index < -0.39 is 0 Å². The van der Waals surface area contributed by atoms with Crippen molar-refractivity contribution in [3.63, 3.8) is 0 Å². The first-order valence-corrected chi connectivity index (χ1v) is 11.4. The Morgan fingerprint density at radius 2 is 1.86 bits per heavy atom. The van der Waals surface area contributed by atoms with Gasteiger partial charge in [-0.3, -0.25) is 9.69 Å². The summed E-state index contributed by atoms with van der Waals surface area (Å²) in [6, 6.07) is 15.1. The molecule has 1 saturated heterocycles. The van der Waals surface area contributed by atoms with E-state index in [1.54, 1.807) is 0 Å². The zero-order chi connectivity index (χ0) is 20.2. The number of benzene rings is 1. The number of piperidine rings is 1. The minimum absolute atomic E-state index is 0.240. The number of aromatic nitrogens is 1. The van der Waals surface area contributed by atoms with Crippen molar-refractivity contribution in [1.82, 2.24) is 9.47 Å². The molecule has 0 aliphatic carbocycles. The highest BCUT2D eigenvalue weighted by molar-refractivity contribution is 5.65. The van der Waals surface area contributed by atoms with Crippen LogP contribution >= 0.6 is 0 Å². The van der Waals surface area contributed by atoms with Gasteiger partial charge in [-0.05, 0) is 48.4 Å². The van der Waals surface area contributed by atoms with Gasteiger partial charge in [0.15, 0.2) is 0 Å². The van der Waals surface area contributed by atoms with Crippen LogP contribution in [0.3, 0.4) is 0 Å². The summed E-state index contributed by atoms with van der Waals surface area (Å²) in [5.41, 5.74) is 5.05. The number of fused-ring (bicyclic) bond motifs is 4. The third kappa shape index (κ3) is 4.40. The molecular formula is C26H34N2O. The topological polar surface area (TPSA) is 25.2 Å². The Hall–Kier alpha value is -2.13. The zero-order valence-corrected chi connectivity index (χ0v) is 17.9. The minimum Gasteiger partial charge on any atom is -0.311 e. The molecule has 3 nitrogen and oxygen atoms in total. The van der Waals surface area contributed by atoms with Crippen LogP contribution in [0.2, 0.25) is 0 Å². The molecule has 2 atom stereocenters. The van der Waals surface area contributed by atoms with Gasteiger partial charge in [-0.2, -0.15) is 0 Å². The molecule has 2 aliphatic rings. The summed E-state index contributed by atoms with van der Waals surface area (Å²) in [5.74, 6) is 1.05. The first kappa shape index (κ1) is 20.2. The first-order chi connectivity index (χ1) is 14.2. The van der Waals surface area contributed by atoms with Crippen LogP contribution in [-0.4, -0.2) is 22.6 Å². The Bertz CT molecular complexity index is 912. The van der Waals surface area contributed by atoms with Crippen LogP contribution in [0.5, 0.6) is 0 Å². The normalized spacial score (nSPS) is 21.8. The van der Waals surface area contributed by atoms with Gasteiger partial charge >= 0.3 is 0 Å². The standard InChI is InChI=1S/C26H34N2O/c1-3-5-12-22(9-4-2)24-13-14-25-23-15-21(18-28(25)26(24)29)17-27(19-23)16-20-10-7-6-8-11-20/h6-8,10-14,21,23H,3-5,9,15-19H2,1-2H3/b22-12+/t21-,23+/m0/s1. The van der Waals surface area contributed by atoms with Crippen molar-refractivity contribution in [2.24, 2.45) is 5.92 Å². The summed E-state index contributed by atoms with van der Waals surface area (Å²) in [4.78, 5) is 16.0. The lowest BCUT2D eigenvalue weighted by Gasteiger charge is -2.43.